The second-order valence-corrected chi connectivity index (χ2v) is 10.6. The first-order chi connectivity index (χ1) is 21.6. The minimum absolute atomic E-state index is 0.0541. The van der Waals surface area contributed by atoms with Crippen LogP contribution in [-0.4, -0.2) is 49.3 Å². The largest absolute Gasteiger partial charge is 0.497 e. The number of aliphatic imine (C=N–C) groups is 1. The molecule has 1 amide bonds. The first kappa shape index (κ1) is 30.6. The standard InChI is InChI=1S/C37H38N2O5/c1-3-22-37(36(41)38-26-33(27-12-6-4-7-13-27)28-14-8-5-9-15-28)34(30-16-10-17-32(25-30)42-2)44-35(39-37)29-18-20-31(21-19-29)43-24-11-23-40/h3-10,12-21,25,33-34,40H,1,11,22-24,26H2,2H3,(H,38,41)/t34-,37-/m1/s1. The molecule has 226 valence electrons. The van der Waals surface area contributed by atoms with Crippen LogP contribution in [0.15, 0.2) is 127 Å². The van der Waals surface area contributed by atoms with Crippen LogP contribution in [0.5, 0.6) is 11.5 Å². The Morgan fingerprint density at radius 1 is 0.977 bits per heavy atom. The average molecular weight is 591 g/mol. The molecule has 7 nitrogen and oxygen atoms in total. The highest BCUT2D eigenvalue weighted by molar-refractivity contribution is 6.01. The summed E-state index contributed by atoms with van der Waals surface area (Å²) in [5, 5.41) is 12.3. The zero-order valence-electron chi connectivity index (χ0n) is 24.9. The molecule has 0 saturated heterocycles. The Morgan fingerprint density at radius 3 is 2.27 bits per heavy atom. The van der Waals surface area contributed by atoms with E-state index in [0.29, 0.717) is 37.0 Å². The average Bonchev–Trinajstić information content (AvgIpc) is 3.47. The van der Waals surface area contributed by atoms with Crippen molar-refractivity contribution in [2.75, 3.05) is 26.9 Å². The van der Waals surface area contributed by atoms with Gasteiger partial charge in [0.2, 0.25) is 5.90 Å². The zero-order valence-corrected chi connectivity index (χ0v) is 24.9. The van der Waals surface area contributed by atoms with E-state index in [-0.39, 0.29) is 24.9 Å². The van der Waals surface area contributed by atoms with Crippen molar-refractivity contribution in [2.24, 2.45) is 4.99 Å². The Hall–Kier alpha value is -4.88. The van der Waals surface area contributed by atoms with Crippen LogP contribution in [0.4, 0.5) is 0 Å². The third-order valence-corrected chi connectivity index (χ3v) is 7.75. The van der Waals surface area contributed by atoms with Crippen LogP contribution in [0.25, 0.3) is 0 Å². The molecule has 0 bridgehead atoms. The lowest BCUT2D eigenvalue weighted by Crippen LogP contribution is -2.49. The van der Waals surface area contributed by atoms with E-state index in [4.69, 9.17) is 24.3 Å². The molecule has 0 fully saturated rings. The maximum Gasteiger partial charge on any atom is 0.252 e. The van der Waals surface area contributed by atoms with Gasteiger partial charge >= 0.3 is 0 Å². The van der Waals surface area contributed by atoms with E-state index >= 15 is 0 Å². The van der Waals surface area contributed by atoms with Gasteiger partial charge in [0, 0.05) is 37.5 Å². The molecule has 0 aliphatic carbocycles. The Kier molecular flexibility index (Phi) is 10.1. The van der Waals surface area contributed by atoms with Gasteiger partial charge < -0.3 is 24.6 Å². The SMILES string of the molecule is C=CC[C@@]1(C(=O)NCC(c2ccccc2)c2ccccc2)N=C(c2ccc(OCCCO)cc2)O[C@@H]1c1cccc(OC)c1. The van der Waals surface area contributed by atoms with Gasteiger partial charge in [-0.25, -0.2) is 4.99 Å². The van der Waals surface area contributed by atoms with Crippen molar-refractivity contribution < 1.29 is 24.1 Å². The number of methoxy groups -OCH3 is 1. The van der Waals surface area contributed by atoms with Gasteiger partial charge in [-0.2, -0.15) is 0 Å². The Bertz CT molecular complexity index is 1520. The first-order valence-corrected chi connectivity index (χ1v) is 14.8. The van der Waals surface area contributed by atoms with Crippen molar-refractivity contribution in [2.45, 2.75) is 30.4 Å². The van der Waals surface area contributed by atoms with Gasteiger partial charge in [-0.3, -0.25) is 4.79 Å². The summed E-state index contributed by atoms with van der Waals surface area (Å²) in [5.41, 5.74) is 2.39. The van der Waals surface area contributed by atoms with Gasteiger partial charge in [-0.1, -0.05) is 78.9 Å². The smallest absolute Gasteiger partial charge is 0.252 e. The summed E-state index contributed by atoms with van der Waals surface area (Å²) in [6.07, 6.45) is 1.80. The molecule has 5 rings (SSSR count). The van der Waals surface area contributed by atoms with Crippen LogP contribution in [-0.2, 0) is 9.53 Å². The van der Waals surface area contributed by atoms with Crippen molar-refractivity contribution in [1.29, 1.82) is 0 Å². The lowest BCUT2D eigenvalue weighted by atomic mass is 9.84. The number of hydrogen-bond acceptors (Lipinski definition) is 6. The number of amides is 1. The Balaban J connectivity index is 1.49. The molecule has 0 radical (unpaired) electrons. The van der Waals surface area contributed by atoms with Gasteiger partial charge in [-0.05, 0) is 53.1 Å². The first-order valence-electron chi connectivity index (χ1n) is 14.8. The fraction of sp³-hybridized carbons (Fsp3) is 0.243. The number of nitrogens with one attached hydrogen (secondary N) is 1. The Morgan fingerprint density at radius 2 is 1.66 bits per heavy atom. The molecule has 4 aromatic rings. The summed E-state index contributed by atoms with van der Waals surface area (Å²) in [6, 6.07) is 35.2. The van der Waals surface area contributed by atoms with E-state index in [1.165, 1.54) is 0 Å². The highest BCUT2D eigenvalue weighted by Gasteiger charge is 2.52. The predicted molar refractivity (Wildman–Crippen MR) is 172 cm³/mol. The van der Waals surface area contributed by atoms with Crippen molar-refractivity contribution >= 4 is 11.8 Å². The third-order valence-electron chi connectivity index (χ3n) is 7.75. The molecule has 44 heavy (non-hydrogen) atoms. The second-order valence-electron chi connectivity index (χ2n) is 10.6. The summed E-state index contributed by atoms with van der Waals surface area (Å²) in [4.78, 5) is 19.4. The molecule has 1 heterocycles. The second kappa shape index (κ2) is 14.5. The summed E-state index contributed by atoms with van der Waals surface area (Å²) >= 11 is 0. The van der Waals surface area contributed by atoms with Gasteiger partial charge in [0.1, 0.15) is 11.5 Å². The Labute approximate surface area is 258 Å². The molecule has 0 spiro atoms. The maximum atomic E-state index is 14.4. The van der Waals surface area contributed by atoms with E-state index in [9.17, 15) is 4.79 Å². The maximum absolute atomic E-state index is 14.4. The number of rotatable bonds is 14. The third kappa shape index (κ3) is 6.84. The fourth-order valence-electron chi connectivity index (χ4n) is 5.49. The van der Waals surface area contributed by atoms with Crippen LogP contribution in [0.3, 0.4) is 0 Å². The molecule has 1 aliphatic rings. The van der Waals surface area contributed by atoms with E-state index in [0.717, 1.165) is 22.3 Å². The molecular weight excluding hydrogens is 552 g/mol. The predicted octanol–water partition coefficient (Wildman–Crippen LogP) is 6.24. The summed E-state index contributed by atoms with van der Waals surface area (Å²) < 4.78 is 17.7. The van der Waals surface area contributed by atoms with Crippen molar-refractivity contribution in [3.05, 3.63) is 144 Å². The zero-order chi connectivity index (χ0) is 30.8. The van der Waals surface area contributed by atoms with Gasteiger partial charge in [0.15, 0.2) is 11.6 Å². The minimum Gasteiger partial charge on any atom is -0.497 e. The van der Waals surface area contributed by atoms with Crippen LogP contribution < -0.4 is 14.8 Å². The van der Waals surface area contributed by atoms with Crippen molar-refractivity contribution in [1.82, 2.24) is 5.32 Å². The van der Waals surface area contributed by atoms with Crippen LogP contribution in [0.1, 0.15) is 47.1 Å². The monoisotopic (exact) mass is 590 g/mol. The summed E-state index contributed by atoms with van der Waals surface area (Å²) in [7, 11) is 1.61. The summed E-state index contributed by atoms with van der Waals surface area (Å²) in [6.45, 7) is 4.85. The van der Waals surface area contributed by atoms with E-state index < -0.39 is 11.6 Å². The van der Waals surface area contributed by atoms with Gasteiger partial charge in [0.25, 0.3) is 5.91 Å². The number of aliphatic hydroxyl groups excluding tert-OH is 1. The highest BCUT2D eigenvalue weighted by atomic mass is 16.5. The van der Waals surface area contributed by atoms with E-state index in [2.05, 4.69) is 36.2 Å². The molecule has 0 unspecified atom stereocenters. The number of carbonyl (C=O) groups excluding carboxylic acids is 1. The molecule has 2 N–H and O–H groups in total. The van der Waals surface area contributed by atoms with Crippen LogP contribution >= 0.6 is 0 Å². The topological polar surface area (TPSA) is 89.4 Å². The lowest BCUT2D eigenvalue weighted by molar-refractivity contribution is -0.128. The summed E-state index contributed by atoms with van der Waals surface area (Å²) in [5.74, 6) is 1.39. The van der Waals surface area contributed by atoms with Crippen molar-refractivity contribution in [3.8, 4) is 11.5 Å². The van der Waals surface area contributed by atoms with E-state index in [1.54, 1.807) is 13.2 Å². The number of carbonyl (C=O) groups is 1. The molecule has 0 aromatic heterocycles. The molecule has 2 atom stereocenters. The molecule has 1 aliphatic heterocycles. The number of benzene rings is 4. The number of ether oxygens (including phenoxy) is 3. The van der Waals surface area contributed by atoms with Crippen LogP contribution in [0, 0.1) is 0 Å². The quantitative estimate of drug-likeness (QED) is 0.134. The number of nitrogens with zero attached hydrogens (tertiary/aromatic N) is 1. The lowest BCUT2D eigenvalue weighted by Gasteiger charge is -2.30. The minimum atomic E-state index is -1.31. The molecular formula is C37H38N2O5. The van der Waals surface area contributed by atoms with Crippen LogP contribution in [0.2, 0.25) is 0 Å². The normalized spacial score (nSPS) is 17.4. The highest BCUT2D eigenvalue weighted by Crippen LogP contribution is 2.43. The van der Waals surface area contributed by atoms with E-state index in [1.807, 2.05) is 84.9 Å². The van der Waals surface area contributed by atoms with Crippen molar-refractivity contribution in [3.63, 3.8) is 0 Å². The molecule has 7 heteroatoms. The number of aliphatic hydroxyl groups is 1. The fourth-order valence-corrected chi connectivity index (χ4v) is 5.49. The molecule has 4 aromatic carbocycles. The van der Waals surface area contributed by atoms with Gasteiger partial charge in [0.05, 0.1) is 13.7 Å². The number of hydrogen-bond donors (Lipinski definition) is 2. The molecule has 0 saturated carbocycles. The van der Waals surface area contributed by atoms with Gasteiger partial charge in [-0.15, -0.1) is 6.58 Å².